The largest absolute Gasteiger partial charge is 0.356 e. The molecule has 1 aliphatic carbocycles. The number of nitrogens with zero attached hydrogens (tertiary/aromatic N) is 3. The van der Waals surface area contributed by atoms with Crippen LogP contribution >= 0.6 is 0 Å². The van der Waals surface area contributed by atoms with E-state index in [1.165, 1.54) is 0 Å². The first-order chi connectivity index (χ1) is 17.0. The zero-order valence-corrected chi connectivity index (χ0v) is 20.7. The fraction of sp³-hybridized carbons (Fsp3) is 0.500. The number of aryl methyl sites for hydroxylation is 1. The van der Waals surface area contributed by atoms with Crippen molar-refractivity contribution in [2.45, 2.75) is 58.4 Å². The number of hydrogen-bond donors (Lipinski definition) is 2. The SMILES string of the molecule is CCNC(=O)[C@H]1CCC[C@H](NC(=O)C2CCN(c3nc(C#N)c(C)cc3-c3ccccc3)CC2)C1. The lowest BCUT2D eigenvalue weighted by atomic mass is 9.84. The summed E-state index contributed by atoms with van der Waals surface area (Å²) < 4.78 is 0. The predicted octanol–water partition coefficient (Wildman–Crippen LogP) is 3.96. The number of carbonyl (C=O) groups excluding carboxylic acids is 2. The van der Waals surface area contributed by atoms with Crippen LogP contribution in [0.3, 0.4) is 0 Å². The first-order valence-electron chi connectivity index (χ1n) is 12.8. The highest BCUT2D eigenvalue weighted by molar-refractivity contribution is 5.81. The highest BCUT2D eigenvalue weighted by Crippen LogP contribution is 2.34. The topological polar surface area (TPSA) is 98.1 Å². The molecule has 2 heterocycles. The highest BCUT2D eigenvalue weighted by Gasteiger charge is 2.32. The number of nitriles is 1. The van der Waals surface area contributed by atoms with Crippen LogP contribution in [-0.4, -0.2) is 42.5 Å². The van der Waals surface area contributed by atoms with Gasteiger partial charge < -0.3 is 15.5 Å². The molecule has 4 rings (SSSR count). The Hall–Kier alpha value is -3.40. The van der Waals surface area contributed by atoms with E-state index >= 15 is 0 Å². The predicted molar refractivity (Wildman–Crippen MR) is 137 cm³/mol. The molecule has 0 radical (unpaired) electrons. The standard InChI is InChI=1S/C28H35N5O2/c1-3-30-27(34)22-10-7-11-23(17-22)31-28(35)21-12-14-33(15-13-21)26-24(20-8-5-4-6-9-20)16-19(2)25(18-29)32-26/h4-6,8-9,16,21-23H,3,7,10-15,17H2,1-2H3,(H,30,34)(H,31,35)/t22-,23-/m0/s1. The molecule has 1 aromatic heterocycles. The second-order valence-electron chi connectivity index (χ2n) is 9.73. The van der Waals surface area contributed by atoms with E-state index in [9.17, 15) is 14.9 Å². The summed E-state index contributed by atoms with van der Waals surface area (Å²) in [5.41, 5.74) is 3.39. The number of aromatic nitrogens is 1. The molecule has 2 amide bonds. The lowest BCUT2D eigenvalue weighted by molar-refractivity contribution is -0.129. The molecule has 7 nitrogen and oxygen atoms in total. The first kappa shape index (κ1) is 24.7. The Balaban J connectivity index is 1.40. The van der Waals surface area contributed by atoms with Crippen molar-refractivity contribution in [3.05, 3.63) is 47.7 Å². The third-order valence-electron chi connectivity index (χ3n) is 7.29. The quantitative estimate of drug-likeness (QED) is 0.662. The van der Waals surface area contributed by atoms with Gasteiger partial charge in [0.2, 0.25) is 11.8 Å². The van der Waals surface area contributed by atoms with Gasteiger partial charge in [-0.05, 0) is 63.1 Å². The van der Waals surface area contributed by atoms with Gasteiger partial charge in [-0.25, -0.2) is 4.98 Å². The molecule has 7 heteroatoms. The summed E-state index contributed by atoms with van der Waals surface area (Å²) in [7, 11) is 0. The number of anilines is 1. The first-order valence-corrected chi connectivity index (χ1v) is 12.8. The highest BCUT2D eigenvalue weighted by atomic mass is 16.2. The summed E-state index contributed by atoms with van der Waals surface area (Å²) in [5.74, 6) is 0.973. The molecule has 2 aliphatic rings. The van der Waals surface area contributed by atoms with Crippen LogP contribution in [0, 0.1) is 30.1 Å². The molecule has 2 fully saturated rings. The van der Waals surface area contributed by atoms with Gasteiger partial charge in [-0.1, -0.05) is 36.8 Å². The third-order valence-corrected chi connectivity index (χ3v) is 7.29. The molecule has 2 atom stereocenters. The van der Waals surface area contributed by atoms with Crippen LogP contribution < -0.4 is 15.5 Å². The second-order valence-corrected chi connectivity index (χ2v) is 9.73. The maximum atomic E-state index is 13.1. The Bertz CT molecular complexity index is 1090. The zero-order chi connectivity index (χ0) is 24.8. The molecular weight excluding hydrogens is 438 g/mol. The molecular formula is C28H35N5O2. The number of hydrogen-bond acceptors (Lipinski definition) is 5. The molecule has 0 spiro atoms. The lowest BCUT2D eigenvalue weighted by Crippen LogP contribution is -2.46. The number of rotatable bonds is 6. The van der Waals surface area contributed by atoms with E-state index in [1.54, 1.807) is 0 Å². The minimum Gasteiger partial charge on any atom is -0.356 e. The Labute approximate surface area is 207 Å². The number of pyridine rings is 1. The number of piperidine rings is 1. The summed E-state index contributed by atoms with van der Waals surface area (Å²) in [4.78, 5) is 32.2. The van der Waals surface area contributed by atoms with Crippen LogP contribution in [0.2, 0.25) is 0 Å². The van der Waals surface area contributed by atoms with Crippen molar-refractivity contribution >= 4 is 17.6 Å². The Morgan fingerprint density at radius 3 is 2.51 bits per heavy atom. The summed E-state index contributed by atoms with van der Waals surface area (Å²) in [6.45, 7) is 5.92. The van der Waals surface area contributed by atoms with Gasteiger partial charge in [-0.15, -0.1) is 0 Å². The van der Waals surface area contributed by atoms with Crippen LogP contribution in [0.15, 0.2) is 36.4 Å². The number of carbonyl (C=O) groups is 2. The van der Waals surface area contributed by atoms with E-state index < -0.39 is 0 Å². The van der Waals surface area contributed by atoms with Gasteiger partial charge in [0, 0.05) is 43.1 Å². The molecule has 1 saturated heterocycles. The second kappa shape index (κ2) is 11.4. The van der Waals surface area contributed by atoms with Crippen molar-refractivity contribution in [1.29, 1.82) is 5.26 Å². The van der Waals surface area contributed by atoms with Crippen molar-refractivity contribution in [3.8, 4) is 17.2 Å². The van der Waals surface area contributed by atoms with Crippen molar-refractivity contribution in [2.75, 3.05) is 24.5 Å². The smallest absolute Gasteiger partial charge is 0.223 e. The molecule has 2 N–H and O–H groups in total. The summed E-state index contributed by atoms with van der Waals surface area (Å²) in [5, 5.41) is 15.7. The Morgan fingerprint density at radius 1 is 1.09 bits per heavy atom. The Kier molecular flexibility index (Phi) is 8.02. The van der Waals surface area contributed by atoms with Gasteiger partial charge in [0.25, 0.3) is 0 Å². The van der Waals surface area contributed by atoms with Crippen LogP contribution in [0.25, 0.3) is 11.1 Å². The number of amides is 2. The molecule has 35 heavy (non-hydrogen) atoms. The fourth-order valence-corrected chi connectivity index (χ4v) is 5.34. The Morgan fingerprint density at radius 2 is 1.83 bits per heavy atom. The van der Waals surface area contributed by atoms with Crippen LogP contribution in [0.4, 0.5) is 5.82 Å². The van der Waals surface area contributed by atoms with Gasteiger partial charge in [0.1, 0.15) is 17.6 Å². The van der Waals surface area contributed by atoms with E-state index in [-0.39, 0.29) is 29.7 Å². The van der Waals surface area contributed by atoms with Crippen molar-refractivity contribution in [2.24, 2.45) is 11.8 Å². The molecule has 0 bridgehead atoms. The molecule has 184 valence electrons. The molecule has 1 saturated carbocycles. The van der Waals surface area contributed by atoms with Gasteiger partial charge >= 0.3 is 0 Å². The van der Waals surface area contributed by atoms with Gasteiger partial charge in [-0.2, -0.15) is 5.26 Å². The van der Waals surface area contributed by atoms with Crippen molar-refractivity contribution in [1.82, 2.24) is 15.6 Å². The average molecular weight is 474 g/mol. The maximum absolute atomic E-state index is 13.1. The fourth-order valence-electron chi connectivity index (χ4n) is 5.34. The number of benzene rings is 1. The van der Waals surface area contributed by atoms with Gasteiger partial charge in [0.15, 0.2) is 0 Å². The van der Waals surface area contributed by atoms with E-state index in [0.717, 1.165) is 61.0 Å². The summed E-state index contributed by atoms with van der Waals surface area (Å²) in [6, 6.07) is 14.5. The van der Waals surface area contributed by atoms with Crippen molar-refractivity contribution in [3.63, 3.8) is 0 Å². The molecule has 1 aromatic carbocycles. The molecule has 1 aliphatic heterocycles. The van der Waals surface area contributed by atoms with Crippen LogP contribution in [0.1, 0.15) is 56.7 Å². The van der Waals surface area contributed by atoms with E-state index in [1.807, 2.05) is 38.1 Å². The molecule has 2 aromatic rings. The summed E-state index contributed by atoms with van der Waals surface area (Å²) >= 11 is 0. The van der Waals surface area contributed by atoms with Crippen LogP contribution in [0.5, 0.6) is 0 Å². The lowest BCUT2D eigenvalue weighted by Gasteiger charge is -2.35. The van der Waals surface area contributed by atoms with Gasteiger partial charge in [0.05, 0.1) is 0 Å². The van der Waals surface area contributed by atoms with E-state index in [2.05, 4.69) is 33.7 Å². The zero-order valence-electron chi connectivity index (χ0n) is 20.7. The van der Waals surface area contributed by atoms with Crippen molar-refractivity contribution < 1.29 is 9.59 Å². The monoisotopic (exact) mass is 473 g/mol. The molecule has 0 unspecified atom stereocenters. The average Bonchev–Trinajstić information content (AvgIpc) is 2.89. The summed E-state index contributed by atoms with van der Waals surface area (Å²) in [6.07, 6.45) is 5.00. The number of nitrogens with one attached hydrogen (secondary N) is 2. The van der Waals surface area contributed by atoms with E-state index in [0.29, 0.717) is 25.3 Å². The third kappa shape index (κ3) is 5.82. The van der Waals surface area contributed by atoms with Crippen LogP contribution in [-0.2, 0) is 9.59 Å². The normalized spacial score (nSPS) is 20.7. The van der Waals surface area contributed by atoms with E-state index in [4.69, 9.17) is 4.98 Å². The minimum absolute atomic E-state index is 0.00537. The maximum Gasteiger partial charge on any atom is 0.223 e. The minimum atomic E-state index is -0.0443. The van der Waals surface area contributed by atoms with Gasteiger partial charge in [-0.3, -0.25) is 9.59 Å².